The van der Waals surface area contributed by atoms with Gasteiger partial charge in [0.2, 0.25) is 0 Å². The molecule has 4 nitrogen and oxygen atoms in total. The van der Waals surface area contributed by atoms with Crippen LogP contribution in [0.25, 0.3) is 21.8 Å². The highest BCUT2D eigenvalue weighted by Crippen LogP contribution is 2.30. The second-order valence-electron chi connectivity index (χ2n) is 7.25. The number of benzene rings is 2. The van der Waals surface area contributed by atoms with Crippen molar-refractivity contribution in [1.82, 2.24) is 14.7 Å². The van der Waals surface area contributed by atoms with Crippen molar-refractivity contribution < 1.29 is 4.79 Å². The van der Waals surface area contributed by atoms with Gasteiger partial charge in [-0.3, -0.25) is 4.79 Å². The molecule has 0 fully saturated rings. The Morgan fingerprint density at radius 2 is 1.70 bits per heavy atom. The Morgan fingerprint density at radius 1 is 0.933 bits per heavy atom. The van der Waals surface area contributed by atoms with Gasteiger partial charge < -0.3 is 4.90 Å². The van der Waals surface area contributed by atoms with E-state index >= 15 is 0 Å². The zero-order valence-electron chi connectivity index (χ0n) is 16.4. The van der Waals surface area contributed by atoms with E-state index in [1.807, 2.05) is 65.0 Å². The number of carbonyl (C=O) groups excluding carboxylic acids is 1. The summed E-state index contributed by atoms with van der Waals surface area (Å²) in [6, 6.07) is 24.3. The van der Waals surface area contributed by atoms with E-state index in [2.05, 4.69) is 30.3 Å². The zero-order valence-corrected chi connectivity index (χ0v) is 17.3. The van der Waals surface area contributed by atoms with Gasteiger partial charge in [0.1, 0.15) is 5.69 Å². The van der Waals surface area contributed by atoms with Gasteiger partial charge in [-0.15, -0.1) is 11.3 Å². The lowest BCUT2D eigenvalue weighted by molar-refractivity contribution is 0.0773. The van der Waals surface area contributed by atoms with Crippen LogP contribution >= 0.6 is 11.3 Å². The molecule has 2 aromatic heterocycles. The van der Waals surface area contributed by atoms with Crippen LogP contribution in [-0.4, -0.2) is 33.7 Å². The molecule has 1 aliphatic rings. The van der Waals surface area contributed by atoms with E-state index in [-0.39, 0.29) is 5.91 Å². The molecule has 1 aliphatic heterocycles. The molecule has 0 radical (unpaired) electrons. The maximum Gasteiger partial charge on any atom is 0.258 e. The molecule has 0 atom stereocenters. The van der Waals surface area contributed by atoms with E-state index < -0.39 is 0 Å². The lowest BCUT2D eigenvalue weighted by atomic mass is 9.99. The summed E-state index contributed by atoms with van der Waals surface area (Å²) in [4.78, 5) is 16.4. The summed E-state index contributed by atoms with van der Waals surface area (Å²) in [7, 11) is 0. The van der Waals surface area contributed by atoms with Crippen molar-refractivity contribution in [3.63, 3.8) is 0 Å². The van der Waals surface area contributed by atoms with Gasteiger partial charge in [-0.25, -0.2) is 4.68 Å². The Balaban J connectivity index is 1.45. The number of hydrogen-bond donors (Lipinski definition) is 0. The van der Waals surface area contributed by atoms with Gasteiger partial charge in [-0.05, 0) is 41.1 Å². The third kappa shape index (κ3) is 3.60. The highest BCUT2D eigenvalue weighted by atomic mass is 32.1. The summed E-state index contributed by atoms with van der Waals surface area (Å²) < 4.78 is 1.80. The van der Waals surface area contributed by atoms with Crippen molar-refractivity contribution in [3.05, 3.63) is 102 Å². The molecule has 148 valence electrons. The number of amides is 1. The van der Waals surface area contributed by atoms with Gasteiger partial charge in [-0.1, -0.05) is 60.7 Å². The van der Waals surface area contributed by atoms with Gasteiger partial charge >= 0.3 is 0 Å². The van der Waals surface area contributed by atoms with Crippen LogP contribution < -0.4 is 0 Å². The van der Waals surface area contributed by atoms with Crippen LogP contribution in [0, 0.1) is 0 Å². The molecule has 0 aliphatic carbocycles. The predicted octanol–water partition coefficient (Wildman–Crippen LogP) is 5.53. The summed E-state index contributed by atoms with van der Waals surface area (Å²) in [6.45, 7) is 1.32. The smallest absolute Gasteiger partial charge is 0.258 e. The summed E-state index contributed by atoms with van der Waals surface area (Å²) in [5, 5.41) is 6.78. The van der Waals surface area contributed by atoms with Crippen LogP contribution in [-0.2, 0) is 0 Å². The fourth-order valence-electron chi connectivity index (χ4n) is 3.78. The third-order valence-corrected chi connectivity index (χ3v) is 6.24. The standard InChI is InChI=1S/C25H21N3OS/c29-25(27-15-13-20(14-16-27)19-8-3-1-4-9-19)22-18-28(21-10-5-2-6-11-21)26-24(22)23-12-7-17-30-23/h1-13,17-18H,14-16H2. The van der Waals surface area contributed by atoms with Gasteiger partial charge in [0.05, 0.1) is 16.1 Å². The Morgan fingerprint density at radius 3 is 2.37 bits per heavy atom. The molecule has 0 spiro atoms. The number of aromatic nitrogens is 2. The minimum Gasteiger partial charge on any atom is -0.334 e. The van der Waals surface area contributed by atoms with E-state index in [1.165, 1.54) is 11.1 Å². The van der Waals surface area contributed by atoms with Crippen LogP contribution in [0.15, 0.2) is 90.4 Å². The number of carbonyl (C=O) groups is 1. The highest BCUT2D eigenvalue weighted by molar-refractivity contribution is 7.13. The summed E-state index contributed by atoms with van der Waals surface area (Å²) in [5.74, 6) is 0.0314. The molecule has 2 aromatic carbocycles. The highest BCUT2D eigenvalue weighted by Gasteiger charge is 2.25. The van der Waals surface area contributed by atoms with Crippen LogP contribution in [0.1, 0.15) is 22.3 Å². The van der Waals surface area contributed by atoms with Crippen LogP contribution in [0.5, 0.6) is 0 Å². The molecular formula is C25H21N3OS. The Bertz CT molecular complexity index is 1180. The molecule has 0 bridgehead atoms. The topological polar surface area (TPSA) is 38.1 Å². The quantitative estimate of drug-likeness (QED) is 0.443. The molecule has 0 saturated carbocycles. The molecule has 30 heavy (non-hydrogen) atoms. The van der Waals surface area contributed by atoms with E-state index in [4.69, 9.17) is 5.10 Å². The predicted molar refractivity (Wildman–Crippen MR) is 122 cm³/mol. The number of hydrogen-bond acceptors (Lipinski definition) is 3. The fraction of sp³-hybridized carbons (Fsp3) is 0.120. The van der Waals surface area contributed by atoms with Crippen molar-refractivity contribution in [3.8, 4) is 16.3 Å². The second-order valence-corrected chi connectivity index (χ2v) is 8.19. The second kappa shape index (κ2) is 8.13. The molecule has 0 saturated heterocycles. The van der Waals surface area contributed by atoms with E-state index in [0.717, 1.165) is 22.7 Å². The zero-order chi connectivity index (χ0) is 20.3. The first-order valence-corrected chi connectivity index (χ1v) is 10.9. The first kappa shape index (κ1) is 18.6. The molecule has 5 heteroatoms. The van der Waals surface area contributed by atoms with Gasteiger partial charge in [0, 0.05) is 19.3 Å². The Labute approximate surface area is 179 Å². The average Bonchev–Trinajstić information content (AvgIpc) is 3.50. The van der Waals surface area contributed by atoms with E-state index in [9.17, 15) is 4.79 Å². The molecule has 5 rings (SSSR count). The first-order valence-electron chi connectivity index (χ1n) is 10.0. The fourth-order valence-corrected chi connectivity index (χ4v) is 4.50. The summed E-state index contributed by atoms with van der Waals surface area (Å²) in [5.41, 5.74) is 4.88. The number of nitrogens with zero attached hydrogens (tertiary/aromatic N) is 3. The molecular weight excluding hydrogens is 390 g/mol. The van der Waals surface area contributed by atoms with Crippen molar-refractivity contribution >= 4 is 22.8 Å². The van der Waals surface area contributed by atoms with Crippen LogP contribution in [0.3, 0.4) is 0 Å². The Kier molecular flexibility index (Phi) is 5.03. The monoisotopic (exact) mass is 411 g/mol. The minimum atomic E-state index is 0.0314. The number of para-hydroxylation sites is 1. The third-order valence-electron chi connectivity index (χ3n) is 5.36. The molecule has 3 heterocycles. The first-order chi connectivity index (χ1) is 14.8. The molecule has 0 unspecified atom stereocenters. The maximum absolute atomic E-state index is 13.5. The van der Waals surface area contributed by atoms with Gasteiger partial charge in [0.15, 0.2) is 0 Å². The largest absolute Gasteiger partial charge is 0.334 e. The number of thiophene rings is 1. The molecule has 4 aromatic rings. The van der Waals surface area contributed by atoms with Crippen LogP contribution in [0.4, 0.5) is 0 Å². The van der Waals surface area contributed by atoms with Crippen molar-refractivity contribution in [1.29, 1.82) is 0 Å². The lowest BCUT2D eigenvalue weighted by Crippen LogP contribution is -2.34. The molecule has 1 amide bonds. The minimum absolute atomic E-state index is 0.0314. The number of rotatable bonds is 4. The normalized spacial score (nSPS) is 13.9. The van der Waals surface area contributed by atoms with E-state index in [1.54, 1.807) is 16.0 Å². The summed E-state index contributed by atoms with van der Waals surface area (Å²) in [6.07, 6.45) is 4.89. The maximum atomic E-state index is 13.5. The van der Waals surface area contributed by atoms with Crippen molar-refractivity contribution in [2.24, 2.45) is 0 Å². The van der Waals surface area contributed by atoms with Gasteiger partial charge in [-0.2, -0.15) is 5.10 Å². The molecule has 0 N–H and O–H groups in total. The SMILES string of the molecule is O=C(c1cn(-c2ccccc2)nc1-c1cccs1)N1CC=C(c2ccccc2)CC1. The van der Waals surface area contributed by atoms with E-state index in [0.29, 0.717) is 18.7 Å². The van der Waals surface area contributed by atoms with Crippen molar-refractivity contribution in [2.75, 3.05) is 13.1 Å². The van der Waals surface area contributed by atoms with Gasteiger partial charge in [0.25, 0.3) is 5.91 Å². The average molecular weight is 412 g/mol. The van der Waals surface area contributed by atoms with Crippen molar-refractivity contribution in [2.45, 2.75) is 6.42 Å². The Hall–Kier alpha value is -3.44. The summed E-state index contributed by atoms with van der Waals surface area (Å²) >= 11 is 1.60. The lowest BCUT2D eigenvalue weighted by Gasteiger charge is -2.26. The van der Waals surface area contributed by atoms with Crippen LogP contribution in [0.2, 0.25) is 0 Å².